The van der Waals surface area contributed by atoms with Crippen molar-refractivity contribution in [1.29, 1.82) is 0 Å². The number of amides is 1. The van der Waals surface area contributed by atoms with Crippen LogP contribution in [0.25, 0.3) is 5.52 Å². The molecule has 5 nitrogen and oxygen atoms in total. The fraction of sp³-hybridized carbons (Fsp3) is 0.333. The molecule has 0 saturated carbocycles. The van der Waals surface area contributed by atoms with Gasteiger partial charge in [-0.15, -0.1) is 0 Å². The van der Waals surface area contributed by atoms with Gasteiger partial charge < -0.3 is 14.4 Å². The van der Waals surface area contributed by atoms with Crippen molar-refractivity contribution >= 4 is 17.4 Å². The van der Waals surface area contributed by atoms with Crippen molar-refractivity contribution < 1.29 is 14.7 Å². The van der Waals surface area contributed by atoms with Crippen molar-refractivity contribution in [3.05, 3.63) is 42.2 Å². The van der Waals surface area contributed by atoms with E-state index in [2.05, 4.69) is 0 Å². The number of carbonyl (C=O) groups is 2. The Balaban J connectivity index is 2.27. The van der Waals surface area contributed by atoms with Crippen LogP contribution in [0.5, 0.6) is 0 Å². The molecule has 0 radical (unpaired) electrons. The molecule has 5 heteroatoms. The summed E-state index contributed by atoms with van der Waals surface area (Å²) >= 11 is 0. The Kier molecular flexibility index (Phi) is 4.08. The second-order valence-electron chi connectivity index (χ2n) is 5.23. The third kappa shape index (κ3) is 3.17. The monoisotopic (exact) mass is 274 g/mol. The molecule has 106 valence electrons. The van der Waals surface area contributed by atoms with Crippen LogP contribution in [-0.2, 0) is 4.79 Å². The molecule has 1 N–H and O–H groups in total. The summed E-state index contributed by atoms with van der Waals surface area (Å²) in [6, 6.07) is 7.45. The lowest BCUT2D eigenvalue weighted by Crippen LogP contribution is -2.38. The lowest BCUT2D eigenvalue weighted by molar-refractivity contribution is -0.137. The topological polar surface area (TPSA) is 62.0 Å². The van der Waals surface area contributed by atoms with E-state index in [1.807, 2.05) is 42.6 Å². The number of aromatic nitrogens is 1. The third-order valence-electron chi connectivity index (χ3n) is 2.95. The highest BCUT2D eigenvalue weighted by Crippen LogP contribution is 2.13. The Bertz CT molecular complexity index is 598. The lowest BCUT2D eigenvalue weighted by atomic mass is 10.2. The molecule has 0 aromatic carbocycles. The molecular weight excluding hydrogens is 256 g/mol. The Morgan fingerprint density at radius 2 is 2.10 bits per heavy atom. The van der Waals surface area contributed by atoms with Crippen molar-refractivity contribution in [3.8, 4) is 0 Å². The zero-order valence-electron chi connectivity index (χ0n) is 11.6. The van der Waals surface area contributed by atoms with Gasteiger partial charge in [-0.1, -0.05) is 19.9 Å². The van der Waals surface area contributed by atoms with Crippen LogP contribution in [0.1, 0.15) is 24.2 Å². The summed E-state index contributed by atoms with van der Waals surface area (Å²) in [4.78, 5) is 24.7. The summed E-state index contributed by atoms with van der Waals surface area (Å²) in [6.07, 6.45) is 3.59. The van der Waals surface area contributed by atoms with Gasteiger partial charge in [0.25, 0.3) is 5.91 Å². The van der Waals surface area contributed by atoms with E-state index in [1.54, 1.807) is 12.3 Å². The molecule has 2 aromatic rings. The highest BCUT2D eigenvalue weighted by molar-refractivity contribution is 5.97. The van der Waals surface area contributed by atoms with E-state index in [1.165, 1.54) is 4.90 Å². The Labute approximate surface area is 117 Å². The van der Waals surface area contributed by atoms with E-state index < -0.39 is 5.97 Å². The molecule has 2 heterocycles. The number of carbonyl (C=O) groups excluding carboxylic acids is 1. The lowest BCUT2D eigenvalue weighted by Gasteiger charge is -2.22. The number of hydrogen-bond acceptors (Lipinski definition) is 2. The average molecular weight is 274 g/mol. The summed E-state index contributed by atoms with van der Waals surface area (Å²) < 4.78 is 1.85. The molecule has 0 bridgehead atoms. The van der Waals surface area contributed by atoms with Gasteiger partial charge in [0.05, 0.1) is 5.56 Å². The molecule has 0 fully saturated rings. The van der Waals surface area contributed by atoms with E-state index in [-0.39, 0.29) is 18.4 Å². The van der Waals surface area contributed by atoms with Gasteiger partial charge in [-0.2, -0.15) is 0 Å². The van der Waals surface area contributed by atoms with E-state index in [0.717, 1.165) is 5.52 Å². The first-order valence-corrected chi connectivity index (χ1v) is 6.55. The van der Waals surface area contributed by atoms with Gasteiger partial charge in [-0.3, -0.25) is 9.59 Å². The van der Waals surface area contributed by atoms with Crippen LogP contribution < -0.4 is 0 Å². The van der Waals surface area contributed by atoms with Gasteiger partial charge in [0, 0.05) is 24.5 Å². The Morgan fingerprint density at radius 3 is 2.70 bits per heavy atom. The summed E-state index contributed by atoms with van der Waals surface area (Å²) in [5.74, 6) is -1.03. The minimum Gasteiger partial charge on any atom is -0.480 e. The van der Waals surface area contributed by atoms with E-state index in [9.17, 15) is 9.59 Å². The van der Waals surface area contributed by atoms with Crippen LogP contribution in [0.2, 0.25) is 0 Å². The number of aliphatic carboxylic acids is 1. The predicted molar refractivity (Wildman–Crippen MR) is 75.8 cm³/mol. The predicted octanol–water partition coefficient (Wildman–Crippen LogP) is 2.12. The summed E-state index contributed by atoms with van der Waals surface area (Å²) in [7, 11) is 0. The summed E-state index contributed by atoms with van der Waals surface area (Å²) in [6.45, 7) is 4.07. The molecule has 0 saturated heterocycles. The maximum Gasteiger partial charge on any atom is 0.323 e. The Hall–Kier alpha value is -2.30. The minimum atomic E-state index is -0.997. The first-order chi connectivity index (χ1) is 9.47. The molecule has 2 aromatic heterocycles. The van der Waals surface area contributed by atoms with Crippen LogP contribution in [-0.4, -0.2) is 39.4 Å². The van der Waals surface area contributed by atoms with Crippen LogP contribution in [0.15, 0.2) is 36.7 Å². The SMILES string of the molecule is CC(C)CN(CC(=O)O)C(=O)c1cc2ccccn2c1. The second-order valence-corrected chi connectivity index (χ2v) is 5.23. The average Bonchev–Trinajstić information content (AvgIpc) is 2.79. The maximum atomic E-state index is 12.4. The van der Waals surface area contributed by atoms with Gasteiger partial charge >= 0.3 is 5.97 Å². The number of pyridine rings is 1. The zero-order chi connectivity index (χ0) is 14.7. The fourth-order valence-electron chi connectivity index (χ4n) is 2.18. The molecule has 20 heavy (non-hydrogen) atoms. The molecular formula is C15H18N2O3. The number of nitrogens with zero attached hydrogens (tertiary/aromatic N) is 2. The van der Waals surface area contributed by atoms with Crippen LogP contribution >= 0.6 is 0 Å². The van der Waals surface area contributed by atoms with Crippen molar-refractivity contribution in [2.24, 2.45) is 5.92 Å². The van der Waals surface area contributed by atoms with E-state index >= 15 is 0 Å². The smallest absolute Gasteiger partial charge is 0.323 e. The molecule has 0 aliphatic heterocycles. The van der Waals surface area contributed by atoms with Crippen molar-refractivity contribution in [2.75, 3.05) is 13.1 Å². The molecule has 0 aliphatic rings. The second kappa shape index (κ2) is 5.77. The Morgan fingerprint density at radius 1 is 1.35 bits per heavy atom. The number of carboxylic acid groups (broad SMARTS) is 1. The summed E-state index contributed by atoms with van der Waals surface area (Å²) in [5, 5.41) is 8.93. The van der Waals surface area contributed by atoms with Crippen LogP contribution in [0, 0.1) is 5.92 Å². The van der Waals surface area contributed by atoms with E-state index in [4.69, 9.17) is 5.11 Å². The number of hydrogen-bond donors (Lipinski definition) is 1. The van der Waals surface area contributed by atoms with Crippen molar-refractivity contribution in [3.63, 3.8) is 0 Å². The van der Waals surface area contributed by atoms with Gasteiger partial charge in [-0.25, -0.2) is 0 Å². The van der Waals surface area contributed by atoms with Gasteiger partial charge in [0.15, 0.2) is 0 Å². The highest BCUT2D eigenvalue weighted by Gasteiger charge is 2.20. The molecule has 0 spiro atoms. The van der Waals surface area contributed by atoms with Crippen molar-refractivity contribution in [2.45, 2.75) is 13.8 Å². The largest absolute Gasteiger partial charge is 0.480 e. The van der Waals surface area contributed by atoms with Gasteiger partial charge in [-0.05, 0) is 24.1 Å². The first-order valence-electron chi connectivity index (χ1n) is 6.55. The van der Waals surface area contributed by atoms with Crippen LogP contribution in [0.3, 0.4) is 0 Å². The molecule has 0 unspecified atom stereocenters. The number of fused-ring (bicyclic) bond motifs is 1. The standard InChI is InChI=1S/C15H18N2O3/c1-11(2)8-17(10-14(18)19)15(20)12-7-13-5-3-4-6-16(13)9-12/h3-7,9,11H,8,10H2,1-2H3,(H,18,19). The van der Waals surface area contributed by atoms with Crippen LogP contribution in [0.4, 0.5) is 0 Å². The number of carboxylic acids is 1. The summed E-state index contributed by atoms with van der Waals surface area (Å²) in [5.41, 5.74) is 1.42. The first kappa shape index (κ1) is 14.1. The molecule has 0 atom stereocenters. The highest BCUT2D eigenvalue weighted by atomic mass is 16.4. The van der Waals surface area contributed by atoms with E-state index in [0.29, 0.717) is 12.1 Å². The fourth-order valence-corrected chi connectivity index (χ4v) is 2.18. The molecule has 2 rings (SSSR count). The quantitative estimate of drug-likeness (QED) is 0.908. The third-order valence-corrected chi connectivity index (χ3v) is 2.95. The zero-order valence-corrected chi connectivity index (χ0v) is 11.6. The minimum absolute atomic E-state index is 0.218. The maximum absolute atomic E-state index is 12.4. The van der Waals surface area contributed by atoms with Gasteiger partial charge in [0.1, 0.15) is 6.54 Å². The van der Waals surface area contributed by atoms with Crippen molar-refractivity contribution in [1.82, 2.24) is 9.30 Å². The molecule has 0 aliphatic carbocycles. The molecule has 1 amide bonds. The number of rotatable bonds is 5. The normalized spacial score (nSPS) is 10.9. The van der Waals surface area contributed by atoms with Gasteiger partial charge in [0.2, 0.25) is 0 Å².